The average Bonchev–Trinajstić information content (AvgIpc) is 2.95. The summed E-state index contributed by atoms with van der Waals surface area (Å²) in [5.41, 5.74) is 4.80. The molecular formula is C31H30ClF2N3O3. The first-order valence-corrected chi connectivity index (χ1v) is 13.6. The second kappa shape index (κ2) is 11.8. The summed E-state index contributed by atoms with van der Waals surface area (Å²) in [7, 11) is 1.63. The van der Waals surface area contributed by atoms with E-state index in [-0.39, 0.29) is 23.4 Å². The Morgan fingerprint density at radius 2 is 1.57 bits per heavy atom. The molecule has 5 rings (SSSR count). The Labute approximate surface area is 237 Å². The third kappa shape index (κ3) is 5.88. The van der Waals surface area contributed by atoms with Crippen molar-refractivity contribution in [2.75, 3.05) is 38.1 Å². The van der Waals surface area contributed by atoms with Crippen molar-refractivity contribution >= 4 is 34.7 Å². The van der Waals surface area contributed by atoms with Crippen LogP contribution >= 0.6 is 11.6 Å². The van der Waals surface area contributed by atoms with Gasteiger partial charge in [-0.2, -0.15) is 0 Å². The Kier molecular flexibility index (Phi) is 8.19. The van der Waals surface area contributed by atoms with Crippen molar-refractivity contribution in [3.05, 3.63) is 99.6 Å². The van der Waals surface area contributed by atoms with Gasteiger partial charge in [-0.3, -0.25) is 9.59 Å². The largest absolute Gasteiger partial charge is 0.478 e. The fourth-order valence-corrected chi connectivity index (χ4v) is 5.48. The number of hydrogen-bond acceptors (Lipinski definition) is 4. The van der Waals surface area contributed by atoms with E-state index in [2.05, 4.69) is 10.2 Å². The molecule has 0 radical (unpaired) electrons. The SMILES string of the molecule is CC1Oc2c(C(=O)NCCN3CCC(=C(c4ccc(F)cc4)c4ccc(F)cc4)CC3)cc(Cl)cc2N(C)C1=O. The van der Waals surface area contributed by atoms with E-state index in [4.69, 9.17) is 16.3 Å². The summed E-state index contributed by atoms with van der Waals surface area (Å²) < 4.78 is 33.0. The quantitative estimate of drug-likeness (QED) is 0.417. The number of benzene rings is 3. The van der Waals surface area contributed by atoms with Crippen LogP contribution in [-0.2, 0) is 4.79 Å². The number of halogens is 3. The van der Waals surface area contributed by atoms with Crippen molar-refractivity contribution in [3.8, 4) is 5.75 Å². The lowest BCUT2D eigenvalue weighted by atomic mass is 9.88. The van der Waals surface area contributed by atoms with Crippen LogP contribution in [0.3, 0.4) is 0 Å². The first kappa shape index (κ1) is 27.8. The average molecular weight is 566 g/mol. The van der Waals surface area contributed by atoms with E-state index in [9.17, 15) is 18.4 Å². The van der Waals surface area contributed by atoms with E-state index in [1.807, 2.05) is 0 Å². The van der Waals surface area contributed by atoms with Gasteiger partial charge in [0.25, 0.3) is 11.8 Å². The molecule has 0 spiro atoms. The van der Waals surface area contributed by atoms with Crippen LogP contribution in [0.25, 0.3) is 5.57 Å². The minimum Gasteiger partial charge on any atom is -0.478 e. The zero-order valence-corrected chi connectivity index (χ0v) is 23.1. The number of carbonyl (C=O) groups excluding carboxylic acids is 2. The van der Waals surface area contributed by atoms with Crippen LogP contribution in [0.15, 0.2) is 66.2 Å². The van der Waals surface area contributed by atoms with Gasteiger partial charge >= 0.3 is 0 Å². The number of likely N-dealkylation sites (tertiary alicyclic amines) is 1. The van der Waals surface area contributed by atoms with Gasteiger partial charge in [-0.05, 0) is 72.9 Å². The third-order valence-corrected chi connectivity index (χ3v) is 7.62. The summed E-state index contributed by atoms with van der Waals surface area (Å²) in [5.74, 6) is -0.783. The Bertz CT molecular complexity index is 1400. The fourth-order valence-electron chi connectivity index (χ4n) is 5.27. The fraction of sp³-hybridized carbons (Fsp3) is 0.290. The van der Waals surface area contributed by atoms with Crippen molar-refractivity contribution in [2.45, 2.75) is 25.9 Å². The second-order valence-electron chi connectivity index (χ2n) is 10.0. The maximum absolute atomic E-state index is 13.6. The minimum absolute atomic E-state index is 0.207. The van der Waals surface area contributed by atoms with Crippen molar-refractivity contribution in [1.29, 1.82) is 0 Å². The molecule has 1 unspecified atom stereocenters. The zero-order chi connectivity index (χ0) is 28.4. The van der Waals surface area contributed by atoms with Gasteiger partial charge in [0.05, 0.1) is 11.3 Å². The van der Waals surface area contributed by atoms with Gasteiger partial charge in [-0.1, -0.05) is 41.4 Å². The third-order valence-electron chi connectivity index (χ3n) is 7.41. The lowest BCUT2D eigenvalue weighted by Crippen LogP contribution is -2.43. The molecule has 2 aliphatic rings. The zero-order valence-electron chi connectivity index (χ0n) is 22.3. The Morgan fingerprint density at radius 3 is 2.15 bits per heavy atom. The van der Waals surface area contributed by atoms with Crippen LogP contribution in [0.1, 0.15) is 41.3 Å². The molecule has 3 aromatic rings. The van der Waals surface area contributed by atoms with Crippen LogP contribution in [0.2, 0.25) is 5.02 Å². The molecule has 1 fully saturated rings. The van der Waals surface area contributed by atoms with E-state index in [0.717, 1.165) is 42.6 Å². The highest BCUT2D eigenvalue weighted by atomic mass is 35.5. The summed E-state index contributed by atoms with van der Waals surface area (Å²) in [6.07, 6.45) is 0.897. The maximum atomic E-state index is 13.6. The molecule has 2 aliphatic heterocycles. The van der Waals surface area contributed by atoms with E-state index in [1.54, 1.807) is 50.4 Å². The predicted octanol–water partition coefficient (Wildman–Crippen LogP) is 5.69. The molecule has 6 nitrogen and oxygen atoms in total. The molecule has 1 saturated heterocycles. The first-order valence-electron chi connectivity index (χ1n) is 13.2. The van der Waals surface area contributed by atoms with Crippen molar-refractivity contribution in [3.63, 3.8) is 0 Å². The molecule has 0 aliphatic carbocycles. The van der Waals surface area contributed by atoms with Crippen LogP contribution in [-0.4, -0.2) is 56.0 Å². The highest BCUT2D eigenvalue weighted by molar-refractivity contribution is 6.31. The minimum atomic E-state index is -0.699. The molecule has 0 saturated carbocycles. The summed E-state index contributed by atoms with van der Waals surface area (Å²) in [4.78, 5) is 29.1. The number of ether oxygens (including phenoxy) is 1. The highest BCUT2D eigenvalue weighted by Crippen LogP contribution is 2.39. The van der Waals surface area contributed by atoms with Gasteiger partial charge in [0, 0.05) is 38.2 Å². The number of nitrogens with zero attached hydrogens (tertiary/aromatic N) is 2. The number of anilines is 1. The molecule has 2 heterocycles. The van der Waals surface area contributed by atoms with Gasteiger partial charge in [0.15, 0.2) is 11.9 Å². The Balaban J connectivity index is 1.24. The smallest absolute Gasteiger partial charge is 0.267 e. The Morgan fingerprint density at radius 1 is 1.00 bits per heavy atom. The molecule has 1 atom stereocenters. The van der Waals surface area contributed by atoms with E-state index in [1.165, 1.54) is 34.7 Å². The van der Waals surface area contributed by atoms with E-state index >= 15 is 0 Å². The normalized spacial score (nSPS) is 17.3. The number of hydrogen-bond donors (Lipinski definition) is 1. The van der Waals surface area contributed by atoms with Gasteiger partial charge in [-0.15, -0.1) is 0 Å². The molecular weight excluding hydrogens is 536 g/mol. The monoisotopic (exact) mass is 565 g/mol. The molecule has 9 heteroatoms. The predicted molar refractivity (Wildman–Crippen MR) is 152 cm³/mol. The molecule has 1 N–H and O–H groups in total. The summed E-state index contributed by atoms with van der Waals surface area (Å²) >= 11 is 6.25. The van der Waals surface area contributed by atoms with E-state index in [0.29, 0.717) is 35.1 Å². The first-order chi connectivity index (χ1) is 19.2. The van der Waals surface area contributed by atoms with Crippen molar-refractivity contribution in [2.24, 2.45) is 0 Å². The van der Waals surface area contributed by atoms with Gasteiger partial charge in [-0.25, -0.2) is 8.78 Å². The van der Waals surface area contributed by atoms with Crippen LogP contribution in [0.4, 0.5) is 14.5 Å². The number of fused-ring (bicyclic) bond motifs is 1. The van der Waals surface area contributed by atoms with Crippen LogP contribution in [0, 0.1) is 11.6 Å². The molecule has 0 bridgehead atoms. The molecule has 2 amide bonds. The number of rotatable bonds is 6. The summed E-state index contributed by atoms with van der Waals surface area (Å²) in [5, 5.41) is 3.30. The number of piperidine rings is 1. The standard InChI is InChI=1S/C31H30ClF2N3O3/c1-19-31(39)36(2)27-18-23(32)17-26(29(27)40-19)30(38)35-13-16-37-14-11-22(12-15-37)28(20-3-7-24(33)8-4-20)21-5-9-25(34)10-6-21/h3-10,17-19H,11-16H2,1-2H3,(H,35,38). The Hall–Kier alpha value is -3.75. The van der Waals surface area contributed by atoms with Crippen molar-refractivity contribution < 1.29 is 23.1 Å². The number of amides is 2. The lowest BCUT2D eigenvalue weighted by Gasteiger charge is -2.32. The summed E-state index contributed by atoms with van der Waals surface area (Å²) in [6.45, 7) is 4.30. The van der Waals surface area contributed by atoms with Crippen molar-refractivity contribution in [1.82, 2.24) is 10.2 Å². The number of nitrogens with one attached hydrogen (secondary N) is 1. The molecule has 208 valence electrons. The summed E-state index contributed by atoms with van der Waals surface area (Å²) in [6, 6.07) is 16.0. The van der Waals surface area contributed by atoms with Crippen LogP contribution in [0.5, 0.6) is 5.75 Å². The molecule has 40 heavy (non-hydrogen) atoms. The van der Waals surface area contributed by atoms with Crippen LogP contribution < -0.4 is 15.0 Å². The molecule has 0 aromatic heterocycles. The molecule has 3 aromatic carbocycles. The lowest BCUT2D eigenvalue weighted by molar-refractivity contribution is -0.125. The maximum Gasteiger partial charge on any atom is 0.267 e. The van der Waals surface area contributed by atoms with Gasteiger partial charge < -0.3 is 19.9 Å². The number of likely N-dealkylation sites (N-methyl/N-ethyl adjacent to an activating group) is 1. The highest BCUT2D eigenvalue weighted by Gasteiger charge is 2.32. The van der Waals surface area contributed by atoms with E-state index < -0.39 is 6.10 Å². The van der Waals surface area contributed by atoms with Gasteiger partial charge in [0.2, 0.25) is 0 Å². The second-order valence-corrected chi connectivity index (χ2v) is 10.5. The van der Waals surface area contributed by atoms with Gasteiger partial charge in [0.1, 0.15) is 11.6 Å². The topological polar surface area (TPSA) is 61.9 Å². The number of carbonyl (C=O) groups is 2.